The Morgan fingerprint density at radius 3 is 0.750 bits per heavy atom. The number of nitrogens with one attached hydrogen (secondary N) is 6. The summed E-state index contributed by atoms with van der Waals surface area (Å²) in [5, 5.41) is 75.7. The quantitative estimate of drug-likeness (QED) is 0.0129. The number of carbonyl (C=O) groups is 6. The summed E-state index contributed by atoms with van der Waals surface area (Å²) in [6.45, 7) is 12.9. The van der Waals surface area contributed by atoms with Crippen molar-refractivity contribution in [1.29, 1.82) is 0 Å². The summed E-state index contributed by atoms with van der Waals surface area (Å²) in [5.41, 5.74) is 4.77. The first-order valence-corrected chi connectivity index (χ1v) is 46.8. The van der Waals surface area contributed by atoms with Crippen molar-refractivity contribution in [1.82, 2.24) is 31.9 Å². The second-order valence-electron chi connectivity index (χ2n) is 34.6. The first-order chi connectivity index (χ1) is 66.0. The molecule has 0 unspecified atom stereocenters. The maximum absolute atomic E-state index is 13.2. The van der Waals surface area contributed by atoms with E-state index >= 15 is 0 Å². The highest BCUT2D eigenvalue weighted by Gasteiger charge is 2.56. The lowest BCUT2D eigenvalue weighted by Crippen LogP contribution is -2.63. The molecule has 6 heterocycles. The molecule has 30 atom stereocenters. The highest BCUT2D eigenvalue weighted by atomic mass is 16.8. The minimum Gasteiger partial charge on any atom is -0.445 e. The lowest BCUT2D eigenvalue weighted by molar-refractivity contribution is -0.287. The molecule has 6 aromatic carbocycles. The van der Waals surface area contributed by atoms with Gasteiger partial charge in [0.15, 0.2) is 37.7 Å². The Balaban J connectivity index is 0.000000230. The molecule has 0 bridgehead atoms. The number of amides is 6. The average molecular weight is 1890 g/mol. The van der Waals surface area contributed by atoms with Gasteiger partial charge < -0.3 is 143 Å². The highest BCUT2D eigenvalue weighted by Crippen LogP contribution is 2.41. The van der Waals surface area contributed by atoms with Crippen LogP contribution in [0.15, 0.2) is 231 Å². The van der Waals surface area contributed by atoms with Gasteiger partial charge in [-0.2, -0.15) is 0 Å². The zero-order chi connectivity index (χ0) is 96.0. The van der Waals surface area contributed by atoms with E-state index in [1.54, 1.807) is 30.4 Å². The molecule has 0 spiro atoms. The minimum absolute atomic E-state index is 0.0106. The van der Waals surface area contributed by atoms with E-state index in [-0.39, 0.29) is 70.8 Å². The molecule has 2 aliphatic carbocycles. The summed E-state index contributed by atoms with van der Waals surface area (Å²) in [7, 11) is 0. The molecule has 2 saturated carbocycles. The van der Waals surface area contributed by atoms with Gasteiger partial charge >= 0.3 is 36.6 Å². The number of rotatable bonds is 36. The van der Waals surface area contributed by atoms with E-state index in [2.05, 4.69) is 31.9 Å². The summed E-state index contributed by atoms with van der Waals surface area (Å²) in [6, 6.07) is 50.2. The Labute approximate surface area is 791 Å². The largest absolute Gasteiger partial charge is 0.445 e. The predicted molar refractivity (Wildman–Crippen MR) is 489 cm³/mol. The standard InChI is InChI=1S/C51H65N3O14.C50H63N3O15/c1-5-35-23-25-37(52-49(57)60-28-32-17-11-8-12-18-32)46(63-35)66-43-31(4)27-39(54-51(59)62-30-34-21-15-10-16-22-34)41(55)45(43)68-48-42(56)44(40(7-3)65-48)67-47-38(26-24-36(6-2)64-47)53-50(58)61-29-33-19-13-9-14-20-33;1-4-34-21-23-36(51-48(57)60-27-31-15-9-6-10-16-31)45(63-34)66-42-30(3)25-38(53-50(59)62-29-33-19-13-8-14-20-33)40(55)44(42)68-47-41(56)43(39(26-54)65-47)67-46-37(24-22-35(5-2)64-46)52-49(58)61-28-32-17-11-7-12-18-32/h8-26,31,35-48,55-56H,5-7,27-30H2,1-4H3,(H,52,57)(H,53,58)(H,54,59);6-24,30,34-47,54-56H,4-5,25-29H2,1-3H3,(H,51,57)(H,52,58)(H,53,59)/t31-,35+,36+,37+,38+,39+,40+,41-,42+,43+,44+,45+,46+,47+,48-;30-,34+,35+,36+,37+,38+,39+,40-,41+,42+,43+,44+,45+,46+,47-/m00/s1. The topological polar surface area (TPSA) is 442 Å². The summed E-state index contributed by atoms with van der Waals surface area (Å²) in [5.74, 6) is -0.887. The van der Waals surface area contributed by atoms with Gasteiger partial charge in [0.25, 0.3) is 0 Å². The lowest BCUT2D eigenvalue weighted by Gasteiger charge is -2.46. The molecule has 6 aliphatic heterocycles. The molecule has 4 fully saturated rings. The van der Waals surface area contributed by atoms with Gasteiger partial charge in [0.05, 0.1) is 61.4 Å². The van der Waals surface area contributed by atoms with Crippen molar-refractivity contribution in [3.63, 3.8) is 0 Å². The van der Waals surface area contributed by atoms with E-state index in [0.29, 0.717) is 32.1 Å². The number of aliphatic hydroxyl groups excluding tert-OH is 5. The van der Waals surface area contributed by atoms with Gasteiger partial charge in [-0.05, 0) is 90.2 Å². The van der Waals surface area contributed by atoms with E-state index in [9.17, 15) is 54.3 Å². The Hall–Kier alpha value is -10.8. The second-order valence-corrected chi connectivity index (χ2v) is 34.6. The van der Waals surface area contributed by atoms with Gasteiger partial charge in [-0.1, -0.05) is 279 Å². The van der Waals surface area contributed by atoms with Crippen molar-refractivity contribution in [2.24, 2.45) is 11.8 Å². The molecule has 6 aromatic rings. The average Bonchev–Trinajstić information content (AvgIpc) is 1.53. The van der Waals surface area contributed by atoms with E-state index in [1.807, 2.05) is 249 Å². The number of aliphatic hydroxyl groups is 5. The molecule has 35 heteroatoms. The third-order valence-corrected chi connectivity index (χ3v) is 24.6. The van der Waals surface area contributed by atoms with Gasteiger partial charge in [-0.25, -0.2) is 28.8 Å². The van der Waals surface area contributed by atoms with Crippen molar-refractivity contribution in [3.05, 3.63) is 264 Å². The number of hydrogen-bond donors (Lipinski definition) is 11. The van der Waals surface area contributed by atoms with Gasteiger partial charge in [-0.3, -0.25) is 0 Å². The van der Waals surface area contributed by atoms with Crippen molar-refractivity contribution in [2.45, 2.75) is 305 Å². The van der Waals surface area contributed by atoms with Gasteiger partial charge in [0, 0.05) is 0 Å². The SMILES string of the molecule is CC[C@@H]1C=C[C@@H](NC(=O)OCc2ccccc2)[C@@H](O[C@H]2[C@H](O[C@@H]3O[C@H](CC)[C@@H](O[C@H]4O[C@H](CC)C=C[C@H]4NC(=O)OCc4ccccc4)[C@H]3O)[C@@H](O)[C@H](NC(=O)OCc3ccccc3)C[C@@H]2C)O1.CC[C@@H]1C=C[C@@H](NC(=O)OCc2ccccc2)[C@@H](O[C@H]2[C@H](O[C@@H]3O[C@H](CO)[C@@H](O[C@H]4O[C@H](CC)C=C[C@H]4NC(=O)OCc4ccccc4)[C@H]3O)[C@@H](O)[C@H](NC(=O)OCc3ccccc3)C[C@@H]2C)O1. The monoisotopic (exact) mass is 1890 g/mol. The minimum atomic E-state index is -1.59. The van der Waals surface area contributed by atoms with E-state index in [1.165, 1.54) is 0 Å². The molecule has 0 aromatic heterocycles. The number of ether oxygens (including phenoxy) is 18. The third kappa shape index (κ3) is 29.2. The van der Waals surface area contributed by atoms with Crippen molar-refractivity contribution >= 4 is 36.6 Å². The molecule has 11 N–H and O–H groups in total. The molecule has 0 radical (unpaired) electrons. The van der Waals surface area contributed by atoms with Crippen molar-refractivity contribution in [3.8, 4) is 0 Å². The molecular formula is C101H128N6O29. The van der Waals surface area contributed by atoms with Crippen LogP contribution in [0.3, 0.4) is 0 Å². The van der Waals surface area contributed by atoms with Crippen LogP contribution in [-0.4, -0.2) is 240 Å². The fraction of sp³-hybridized carbons (Fsp3) is 0.505. The predicted octanol–water partition coefficient (Wildman–Crippen LogP) is 11.2. The first-order valence-electron chi connectivity index (χ1n) is 46.8. The van der Waals surface area contributed by atoms with Crippen molar-refractivity contribution < 1.29 is 140 Å². The van der Waals surface area contributed by atoms with E-state index in [0.717, 1.165) is 33.4 Å². The highest BCUT2D eigenvalue weighted by molar-refractivity contribution is 5.70. The lowest BCUT2D eigenvalue weighted by atomic mass is 9.80. The molecule has 35 nitrogen and oxygen atoms in total. The fourth-order valence-corrected chi connectivity index (χ4v) is 17.1. The molecular weight excluding hydrogens is 1760 g/mol. The number of carbonyl (C=O) groups excluding carboxylic acids is 6. The Morgan fingerprint density at radius 2 is 0.507 bits per heavy atom. The molecule has 14 rings (SSSR count). The summed E-state index contributed by atoms with van der Waals surface area (Å²) >= 11 is 0. The molecule has 136 heavy (non-hydrogen) atoms. The smallest absolute Gasteiger partial charge is 0.408 e. The fourth-order valence-electron chi connectivity index (χ4n) is 17.1. The number of hydrogen-bond acceptors (Lipinski definition) is 29. The Bertz CT molecular complexity index is 4500. The van der Waals surface area contributed by atoms with Crippen LogP contribution in [0.5, 0.6) is 0 Å². The maximum atomic E-state index is 13.2. The first kappa shape index (κ1) is 103. The van der Waals surface area contributed by atoms with Crippen LogP contribution in [0.4, 0.5) is 28.8 Å². The van der Waals surface area contributed by atoms with Gasteiger partial charge in [-0.15, -0.1) is 0 Å². The van der Waals surface area contributed by atoms with Crippen molar-refractivity contribution in [2.75, 3.05) is 6.61 Å². The summed E-state index contributed by atoms with van der Waals surface area (Å²) in [4.78, 5) is 78.7. The van der Waals surface area contributed by atoms with E-state index < -0.39 is 208 Å². The van der Waals surface area contributed by atoms with Gasteiger partial charge in [0.1, 0.15) is 119 Å². The Morgan fingerprint density at radius 1 is 0.279 bits per heavy atom. The normalized spacial score (nSPS) is 32.2. The number of alkyl carbamates (subject to hydrolysis) is 6. The molecule has 8 aliphatic rings. The molecule has 6 amide bonds. The molecule has 2 saturated heterocycles. The van der Waals surface area contributed by atoms with Gasteiger partial charge in [0.2, 0.25) is 0 Å². The van der Waals surface area contributed by atoms with Crippen LogP contribution in [-0.2, 0) is 125 Å². The van der Waals surface area contributed by atoms with Crippen LogP contribution in [0.25, 0.3) is 0 Å². The zero-order valence-corrected chi connectivity index (χ0v) is 77.2. The van der Waals surface area contributed by atoms with Crippen LogP contribution in [0, 0.1) is 11.8 Å². The number of benzene rings is 6. The summed E-state index contributed by atoms with van der Waals surface area (Å²) < 4.78 is 110. The van der Waals surface area contributed by atoms with E-state index in [4.69, 9.17) is 85.3 Å². The summed E-state index contributed by atoms with van der Waals surface area (Å²) in [6.07, 6.45) is -10.2. The third-order valence-electron chi connectivity index (χ3n) is 24.6. The van der Waals surface area contributed by atoms with Crippen LogP contribution < -0.4 is 31.9 Å². The molecule has 736 valence electrons. The van der Waals surface area contributed by atoms with Crippen LogP contribution in [0.2, 0.25) is 0 Å². The Kier molecular flexibility index (Phi) is 38.9. The second kappa shape index (κ2) is 51.6. The zero-order valence-electron chi connectivity index (χ0n) is 77.2. The maximum Gasteiger partial charge on any atom is 0.408 e. The van der Waals surface area contributed by atoms with Crippen LogP contribution >= 0.6 is 0 Å². The van der Waals surface area contributed by atoms with Crippen LogP contribution in [0.1, 0.15) is 127 Å².